The molecule has 1 saturated heterocycles. The van der Waals surface area contributed by atoms with E-state index in [1.165, 1.54) is 21.7 Å². The standard InChI is InChI=1S/C18H28N2O3S/c1-5-17(16-9-8-13(2)11-14(16)3)19-18(21)15-7-6-10-20(12-15)24(4,22)23/h8-9,11,15,17H,5-7,10,12H2,1-4H3,(H,19,21)/t15-,17+/m0/s1. The van der Waals surface area contributed by atoms with Crippen molar-refractivity contribution in [2.24, 2.45) is 5.92 Å². The van der Waals surface area contributed by atoms with Gasteiger partial charge in [0.1, 0.15) is 0 Å². The molecule has 1 N–H and O–H groups in total. The summed E-state index contributed by atoms with van der Waals surface area (Å²) in [6, 6.07) is 6.22. The normalized spacial score (nSPS) is 20.6. The van der Waals surface area contributed by atoms with E-state index in [9.17, 15) is 13.2 Å². The van der Waals surface area contributed by atoms with E-state index < -0.39 is 10.0 Å². The van der Waals surface area contributed by atoms with Gasteiger partial charge in [-0.05, 0) is 44.2 Å². The molecule has 1 aromatic rings. The first-order chi connectivity index (χ1) is 11.2. The lowest BCUT2D eigenvalue weighted by Gasteiger charge is -2.31. The Morgan fingerprint density at radius 3 is 2.67 bits per heavy atom. The first-order valence-electron chi connectivity index (χ1n) is 8.55. The Kier molecular flexibility index (Phi) is 6.04. The summed E-state index contributed by atoms with van der Waals surface area (Å²) in [4.78, 5) is 12.7. The van der Waals surface area contributed by atoms with Gasteiger partial charge in [-0.1, -0.05) is 30.7 Å². The van der Waals surface area contributed by atoms with Crippen molar-refractivity contribution in [3.63, 3.8) is 0 Å². The number of carbonyl (C=O) groups is 1. The van der Waals surface area contributed by atoms with Gasteiger partial charge in [-0.3, -0.25) is 4.79 Å². The molecule has 2 atom stereocenters. The Balaban J connectivity index is 2.09. The predicted molar refractivity (Wildman–Crippen MR) is 96.2 cm³/mol. The van der Waals surface area contributed by atoms with E-state index in [-0.39, 0.29) is 24.4 Å². The van der Waals surface area contributed by atoms with Crippen molar-refractivity contribution in [2.45, 2.75) is 46.1 Å². The number of hydrogen-bond donors (Lipinski definition) is 1. The number of rotatable bonds is 5. The predicted octanol–water partition coefficient (Wildman–Crippen LogP) is 2.54. The summed E-state index contributed by atoms with van der Waals surface area (Å²) < 4.78 is 24.9. The average Bonchev–Trinajstić information content (AvgIpc) is 2.52. The third-order valence-electron chi connectivity index (χ3n) is 4.75. The van der Waals surface area contributed by atoms with Gasteiger partial charge in [-0.25, -0.2) is 12.7 Å². The van der Waals surface area contributed by atoms with E-state index in [2.05, 4.69) is 37.4 Å². The highest BCUT2D eigenvalue weighted by Gasteiger charge is 2.31. The van der Waals surface area contributed by atoms with Gasteiger partial charge < -0.3 is 5.32 Å². The number of amides is 1. The van der Waals surface area contributed by atoms with Crippen molar-refractivity contribution in [1.82, 2.24) is 9.62 Å². The molecule has 0 aliphatic carbocycles. The molecule has 134 valence electrons. The van der Waals surface area contributed by atoms with Gasteiger partial charge in [-0.2, -0.15) is 0 Å². The first-order valence-corrected chi connectivity index (χ1v) is 10.4. The monoisotopic (exact) mass is 352 g/mol. The molecule has 24 heavy (non-hydrogen) atoms. The van der Waals surface area contributed by atoms with E-state index in [0.29, 0.717) is 6.54 Å². The highest BCUT2D eigenvalue weighted by molar-refractivity contribution is 7.88. The van der Waals surface area contributed by atoms with Crippen LogP contribution in [-0.4, -0.2) is 38.0 Å². The molecule has 1 aliphatic heterocycles. The minimum Gasteiger partial charge on any atom is -0.349 e. The van der Waals surface area contributed by atoms with Crippen molar-refractivity contribution in [1.29, 1.82) is 0 Å². The fourth-order valence-corrected chi connectivity index (χ4v) is 4.28. The number of benzene rings is 1. The minimum atomic E-state index is -3.24. The van der Waals surface area contributed by atoms with Crippen LogP contribution in [0.4, 0.5) is 0 Å². The number of piperidine rings is 1. The van der Waals surface area contributed by atoms with E-state index in [0.717, 1.165) is 24.8 Å². The maximum absolute atomic E-state index is 12.7. The lowest BCUT2D eigenvalue weighted by atomic mass is 9.95. The molecule has 0 saturated carbocycles. The van der Waals surface area contributed by atoms with Crippen molar-refractivity contribution in [3.05, 3.63) is 34.9 Å². The lowest BCUT2D eigenvalue weighted by molar-refractivity contribution is -0.126. The Bertz CT molecular complexity index is 700. The molecule has 1 amide bonds. The number of aryl methyl sites for hydroxylation is 2. The summed E-state index contributed by atoms with van der Waals surface area (Å²) in [5.74, 6) is -0.316. The summed E-state index contributed by atoms with van der Waals surface area (Å²) in [5.41, 5.74) is 3.50. The molecule has 0 spiro atoms. The van der Waals surface area contributed by atoms with Crippen LogP contribution in [-0.2, 0) is 14.8 Å². The molecule has 0 unspecified atom stereocenters. The van der Waals surface area contributed by atoms with Gasteiger partial charge in [0.2, 0.25) is 15.9 Å². The number of nitrogens with zero attached hydrogens (tertiary/aromatic N) is 1. The van der Waals surface area contributed by atoms with Crippen LogP contribution in [0.15, 0.2) is 18.2 Å². The van der Waals surface area contributed by atoms with Gasteiger partial charge in [0, 0.05) is 13.1 Å². The van der Waals surface area contributed by atoms with Crippen molar-refractivity contribution < 1.29 is 13.2 Å². The lowest BCUT2D eigenvalue weighted by Crippen LogP contribution is -2.45. The zero-order chi connectivity index (χ0) is 17.9. The summed E-state index contributed by atoms with van der Waals surface area (Å²) in [6.45, 7) is 6.96. The molecule has 0 aromatic heterocycles. The van der Waals surface area contributed by atoms with E-state index in [1.807, 2.05) is 6.92 Å². The fraction of sp³-hybridized carbons (Fsp3) is 0.611. The number of carbonyl (C=O) groups excluding carboxylic acids is 1. The van der Waals surface area contributed by atoms with Crippen molar-refractivity contribution in [3.8, 4) is 0 Å². The molecule has 1 fully saturated rings. The number of hydrogen-bond acceptors (Lipinski definition) is 3. The molecule has 6 heteroatoms. The third-order valence-corrected chi connectivity index (χ3v) is 6.02. The van der Waals surface area contributed by atoms with Gasteiger partial charge in [0.05, 0.1) is 18.2 Å². The van der Waals surface area contributed by atoms with Crippen LogP contribution in [0.25, 0.3) is 0 Å². The Hall–Kier alpha value is -1.40. The summed E-state index contributed by atoms with van der Waals surface area (Å²) in [7, 11) is -3.24. The van der Waals surface area contributed by atoms with Gasteiger partial charge >= 0.3 is 0 Å². The first kappa shape index (κ1) is 18.9. The van der Waals surface area contributed by atoms with Gasteiger partial charge in [0.15, 0.2) is 0 Å². The van der Waals surface area contributed by atoms with E-state index in [4.69, 9.17) is 0 Å². The molecule has 0 radical (unpaired) electrons. The van der Waals surface area contributed by atoms with E-state index >= 15 is 0 Å². The smallest absolute Gasteiger partial charge is 0.224 e. The molecular formula is C18H28N2O3S. The van der Waals surface area contributed by atoms with Crippen LogP contribution in [0.2, 0.25) is 0 Å². The number of sulfonamides is 1. The molecule has 2 rings (SSSR count). The Morgan fingerprint density at radius 1 is 1.38 bits per heavy atom. The van der Waals surface area contributed by atoms with Crippen LogP contribution in [0.3, 0.4) is 0 Å². The maximum Gasteiger partial charge on any atom is 0.224 e. The summed E-state index contributed by atoms with van der Waals surface area (Å²) in [6.07, 6.45) is 3.47. The zero-order valence-corrected chi connectivity index (χ0v) is 15.8. The van der Waals surface area contributed by atoms with Crippen LogP contribution in [0.5, 0.6) is 0 Å². The molecule has 1 aromatic carbocycles. The summed E-state index contributed by atoms with van der Waals surface area (Å²) in [5, 5.41) is 3.12. The van der Waals surface area contributed by atoms with Crippen LogP contribution in [0.1, 0.15) is 48.9 Å². The Morgan fingerprint density at radius 2 is 2.08 bits per heavy atom. The van der Waals surface area contributed by atoms with Crippen LogP contribution < -0.4 is 5.32 Å². The largest absolute Gasteiger partial charge is 0.349 e. The maximum atomic E-state index is 12.7. The third kappa shape index (κ3) is 4.57. The highest BCUT2D eigenvalue weighted by atomic mass is 32.2. The second-order valence-corrected chi connectivity index (χ2v) is 8.77. The molecule has 1 aliphatic rings. The van der Waals surface area contributed by atoms with Crippen molar-refractivity contribution in [2.75, 3.05) is 19.3 Å². The highest BCUT2D eigenvalue weighted by Crippen LogP contribution is 2.24. The average molecular weight is 353 g/mol. The minimum absolute atomic E-state index is 0.0355. The fourth-order valence-electron chi connectivity index (χ4n) is 3.36. The topological polar surface area (TPSA) is 66.5 Å². The molecular weight excluding hydrogens is 324 g/mol. The molecule has 5 nitrogen and oxygen atoms in total. The van der Waals surface area contributed by atoms with Crippen molar-refractivity contribution >= 4 is 15.9 Å². The van der Waals surface area contributed by atoms with E-state index in [1.54, 1.807) is 0 Å². The Labute approximate surface area is 145 Å². The zero-order valence-electron chi connectivity index (χ0n) is 15.0. The molecule has 1 heterocycles. The SMILES string of the molecule is CC[C@@H](NC(=O)[C@H]1CCCN(S(C)(=O)=O)C1)c1ccc(C)cc1C. The quantitative estimate of drug-likeness (QED) is 0.885. The van der Waals surface area contributed by atoms with Gasteiger partial charge in [-0.15, -0.1) is 0 Å². The molecule has 0 bridgehead atoms. The summed E-state index contributed by atoms with van der Waals surface area (Å²) >= 11 is 0. The van der Waals surface area contributed by atoms with Crippen LogP contribution >= 0.6 is 0 Å². The second-order valence-electron chi connectivity index (χ2n) is 6.79. The van der Waals surface area contributed by atoms with Gasteiger partial charge in [0.25, 0.3) is 0 Å². The second kappa shape index (κ2) is 7.66. The van der Waals surface area contributed by atoms with Crippen LogP contribution in [0, 0.1) is 19.8 Å². The number of nitrogens with one attached hydrogen (secondary N) is 1.